The number of fused-ring (bicyclic) bond motifs is 1. The van der Waals surface area contributed by atoms with Gasteiger partial charge in [-0.15, -0.1) is 10.2 Å². The molecule has 0 spiro atoms. The third kappa shape index (κ3) is 3.64. The number of ether oxygens (including phenoxy) is 1. The number of methoxy groups -OCH3 is 1. The molecular weight excluding hydrogens is 366 g/mol. The smallest absolute Gasteiger partial charge is 0.247 e. The van der Waals surface area contributed by atoms with Gasteiger partial charge in [0.25, 0.3) is 0 Å². The molecule has 0 N–H and O–H groups in total. The zero-order valence-electron chi connectivity index (χ0n) is 14.4. The summed E-state index contributed by atoms with van der Waals surface area (Å²) >= 11 is 3.39. The summed E-state index contributed by atoms with van der Waals surface area (Å²) in [5.41, 5.74) is 3.19. The molecule has 2 heterocycles. The average molecular weight is 383 g/mol. The summed E-state index contributed by atoms with van der Waals surface area (Å²) in [5, 5.41) is 8.42. The van der Waals surface area contributed by atoms with Crippen LogP contribution in [0.15, 0.2) is 57.9 Å². The SMILES string of the molecule is COc1ccc(-c2nnc(C(C)SC3=Nc4ccccc4CS3)o2)cc1. The van der Waals surface area contributed by atoms with Crippen molar-refractivity contribution in [2.75, 3.05) is 7.11 Å². The van der Waals surface area contributed by atoms with Crippen LogP contribution in [-0.4, -0.2) is 21.7 Å². The van der Waals surface area contributed by atoms with Crippen molar-refractivity contribution in [3.63, 3.8) is 0 Å². The Hall–Kier alpha value is -2.25. The Morgan fingerprint density at radius 3 is 2.73 bits per heavy atom. The standard InChI is InChI=1S/C19H17N3O2S2/c1-12(26-19-20-16-6-4-3-5-14(16)11-25-19)17-21-22-18(24-17)13-7-9-15(23-2)10-8-13/h3-10,12H,11H2,1-2H3. The maximum absolute atomic E-state index is 5.87. The van der Waals surface area contributed by atoms with Crippen LogP contribution < -0.4 is 4.74 Å². The molecule has 1 atom stereocenters. The van der Waals surface area contributed by atoms with E-state index < -0.39 is 0 Å². The Kier molecular flexibility index (Phi) is 4.99. The normalized spacial score (nSPS) is 14.5. The Bertz CT molecular complexity index is 938. The molecule has 1 aliphatic rings. The highest BCUT2D eigenvalue weighted by molar-refractivity contribution is 8.38. The van der Waals surface area contributed by atoms with Crippen molar-refractivity contribution in [3.8, 4) is 17.2 Å². The van der Waals surface area contributed by atoms with Crippen LogP contribution >= 0.6 is 23.5 Å². The molecule has 4 rings (SSSR count). The van der Waals surface area contributed by atoms with Gasteiger partial charge >= 0.3 is 0 Å². The van der Waals surface area contributed by atoms with Crippen molar-refractivity contribution in [1.29, 1.82) is 0 Å². The van der Waals surface area contributed by atoms with Gasteiger partial charge < -0.3 is 9.15 Å². The highest BCUT2D eigenvalue weighted by atomic mass is 32.2. The lowest BCUT2D eigenvalue weighted by atomic mass is 10.2. The van der Waals surface area contributed by atoms with E-state index in [0.717, 1.165) is 27.1 Å². The van der Waals surface area contributed by atoms with Crippen LogP contribution in [0.4, 0.5) is 5.69 Å². The zero-order valence-corrected chi connectivity index (χ0v) is 16.0. The van der Waals surface area contributed by atoms with Gasteiger partial charge in [0.1, 0.15) is 10.1 Å². The topological polar surface area (TPSA) is 60.5 Å². The Morgan fingerprint density at radius 1 is 1.12 bits per heavy atom. The summed E-state index contributed by atoms with van der Waals surface area (Å²) in [4.78, 5) is 4.73. The van der Waals surface area contributed by atoms with Crippen LogP contribution in [0.25, 0.3) is 11.5 Å². The molecule has 5 nitrogen and oxygen atoms in total. The van der Waals surface area contributed by atoms with Crippen molar-refractivity contribution >= 4 is 33.6 Å². The highest BCUT2D eigenvalue weighted by Crippen LogP contribution is 2.40. The van der Waals surface area contributed by atoms with Crippen LogP contribution in [0.1, 0.15) is 23.6 Å². The van der Waals surface area contributed by atoms with E-state index in [1.807, 2.05) is 30.3 Å². The van der Waals surface area contributed by atoms with Crippen molar-refractivity contribution in [2.24, 2.45) is 4.99 Å². The van der Waals surface area contributed by atoms with Gasteiger partial charge in [-0.2, -0.15) is 0 Å². The van der Waals surface area contributed by atoms with Gasteiger partial charge in [-0.3, -0.25) is 0 Å². The Morgan fingerprint density at radius 2 is 1.92 bits per heavy atom. The molecule has 0 amide bonds. The second-order valence-corrected chi connectivity index (χ2v) is 8.28. The summed E-state index contributed by atoms with van der Waals surface area (Å²) in [5.74, 6) is 2.85. The fourth-order valence-electron chi connectivity index (χ4n) is 2.52. The van der Waals surface area contributed by atoms with Crippen LogP contribution in [-0.2, 0) is 5.75 Å². The van der Waals surface area contributed by atoms with E-state index in [4.69, 9.17) is 14.1 Å². The largest absolute Gasteiger partial charge is 0.497 e. The fourth-order valence-corrected chi connectivity index (χ4v) is 4.74. The molecule has 132 valence electrons. The molecule has 2 aromatic carbocycles. The molecule has 0 bridgehead atoms. The minimum absolute atomic E-state index is 0.0333. The van der Waals surface area contributed by atoms with Gasteiger partial charge in [-0.1, -0.05) is 41.7 Å². The monoisotopic (exact) mass is 383 g/mol. The summed E-state index contributed by atoms with van der Waals surface area (Å²) in [6.45, 7) is 2.06. The number of hydrogen-bond donors (Lipinski definition) is 0. The molecule has 0 fully saturated rings. The van der Waals surface area contributed by atoms with Crippen molar-refractivity contribution in [3.05, 3.63) is 60.0 Å². The maximum Gasteiger partial charge on any atom is 0.247 e. The zero-order chi connectivity index (χ0) is 17.9. The lowest BCUT2D eigenvalue weighted by Crippen LogP contribution is -1.99. The molecule has 7 heteroatoms. The summed E-state index contributed by atoms with van der Waals surface area (Å²) in [6.07, 6.45) is 0. The second kappa shape index (κ2) is 7.55. The number of hydrogen-bond acceptors (Lipinski definition) is 7. The molecule has 1 aromatic heterocycles. The summed E-state index contributed by atoms with van der Waals surface area (Å²) in [7, 11) is 1.64. The second-order valence-electron chi connectivity index (χ2n) is 5.73. The number of nitrogens with zero attached hydrogens (tertiary/aromatic N) is 3. The van der Waals surface area contributed by atoms with Crippen LogP contribution in [0.5, 0.6) is 5.75 Å². The lowest BCUT2D eigenvalue weighted by molar-refractivity contribution is 0.415. The van der Waals surface area contributed by atoms with Crippen LogP contribution in [0.3, 0.4) is 0 Å². The number of rotatable bonds is 4. The first-order valence-electron chi connectivity index (χ1n) is 8.17. The van der Waals surface area contributed by atoms with Gasteiger partial charge in [0.2, 0.25) is 11.8 Å². The van der Waals surface area contributed by atoms with E-state index in [2.05, 4.69) is 35.3 Å². The third-order valence-electron chi connectivity index (χ3n) is 3.96. The van der Waals surface area contributed by atoms with Gasteiger partial charge in [0.15, 0.2) is 0 Å². The Labute approximate surface area is 160 Å². The molecule has 26 heavy (non-hydrogen) atoms. The lowest BCUT2D eigenvalue weighted by Gasteiger charge is -2.15. The van der Waals surface area contributed by atoms with E-state index in [9.17, 15) is 0 Å². The number of aliphatic imine (C=N–C) groups is 1. The van der Waals surface area contributed by atoms with Gasteiger partial charge in [0, 0.05) is 11.3 Å². The molecule has 3 aromatic rings. The number of para-hydroxylation sites is 1. The summed E-state index contributed by atoms with van der Waals surface area (Å²) in [6, 6.07) is 15.8. The number of thioether (sulfide) groups is 2. The van der Waals surface area contributed by atoms with Gasteiger partial charge in [0.05, 0.1) is 18.0 Å². The minimum Gasteiger partial charge on any atom is -0.497 e. The predicted octanol–water partition coefficient (Wildman–Crippen LogP) is 5.47. The summed E-state index contributed by atoms with van der Waals surface area (Å²) < 4.78 is 12.1. The first-order chi connectivity index (χ1) is 12.7. The molecule has 1 unspecified atom stereocenters. The molecule has 0 aliphatic carbocycles. The fraction of sp³-hybridized carbons (Fsp3) is 0.211. The first-order valence-corrected chi connectivity index (χ1v) is 10.0. The van der Waals surface area contributed by atoms with Crippen molar-refractivity contribution < 1.29 is 9.15 Å². The predicted molar refractivity (Wildman–Crippen MR) is 107 cm³/mol. The Balaban J connectivity index is 1.48. The minimum atomic E-state index is 0.0333. The third-order valence-corrected chi connectivity index (χ3v) is 6.24. The molecule has 1 aliphatic heterocycles. The van der Waals surface area contributed by atoms with E-state index in [1.54, 1.807) is 30.6 Å². The highest BCUT2D eigenvalue weighted by Gasteiger charge is 2.20. The molecule has 0 saturated carbocycles. The first kappa shape index (κ1) is 17.2. The van der Waals surface area contributed by atoms with E-state index in [-0.39, 0.29) is 5.25 Å². The van der Waals surface area contributed by atoms with E-state index in [1.165, 1.54) is 5.56 Å². The molecular formula is C19H17N3O2S2. The van der Waals surface area contributed by atoms with Crippen LogP contribution in [0, 0.1) is 0 Å². The van der Waals surface area contributed by atoms with Gasteiger partial charge in [-0.25, -0.2) is 4.99 Å². The quantitative estimate of drug-likeness (QED) is 0.595. The van der Waals surface area contributed by atoms with Gasteiger partial charge in [-0.05, 0) is 42.8 Å². The number of aromatic nitrogens is 2. The van der Waals surface area contributed by atoms with E-state index >= 15 is 0 Å². The maximum atomic E-state index is 5.87. The number of benzene rings is 2. The molecule has 0 radical (unpaired) electrons. The van der Waals surface area contributed by atoms with Crippen molar-refractivity contribution in [2.45, 2.75) is 17.9 Å². The van der Waals surface area contributed by atoms with E-state index in [0.29, 0.717) is 11.8 Å². The van der Waals surface area contributed by atoms with Crippen molar-refractivity contribution in [1.82, 2.24) is 10.2 Å². The average Bonchev–Trinajstić information content (AvgIpc) is 3.18. The van der Waals surface area contributed by atoms with Crippen LogP contribution in [0.2, 0.25) is 0 Å². The molecule has 0 saturated heterocycles.